The van der Waals surface area contributed by atoms with Gasteiger partial charge in [0.1, 0.15) is 17.4 Å². The molecule has 3 aliphatic rings. The van der Waals surface area contributed by atoms with Crippen LogP contribution in [0.15, 0.2) is 78.1 Å². The number of nitriles is 1. The molecular formula is C25H18N2O3. The van der Waals surface area contributed by atoms with Gasteiger partial charge in [0.15, 0.2) is 11.5 Å². The molecule has 0 fully saturated rings. The number of ether oxygens (including phenoxy) is 3. The summed E-state index contributed by atoms with van der Waals surface area (Å²) < 4.78 is 19.4. The first-order valence-electron chi connectivity index (χ1n) is 10.00. The number of allylic oxidation sites excluding steroid dienone is 2. The molecular weight excluding hydrogens is 376 g/mol. The number of fused-ring (bicyclic) bond motifs is 3. The third kappa shape index (κ3) is 2.47. The predicted molar refractivity (Wildman–Crippen MR) is 111 cm³/mol. The summed E-state index contributed by atoms with van der Waals surface area (Å²) in [7, 11) is 0. The van der Waals surface area contributed by atoms with Gasteiger partial charge in [-0.1, -0.05) is 30.3 Å². The van der Waals surface area contributed by atoms with E-state index in [2.05, 4.69) is 24.3 Å². The Bertz CT molecular complexity index is 1260. The summed E-state index contributed by atoms with van der Waals surface area (Å²) in [6.45, 7) is 0.226. The Labute approximate surface area is 174 Å². The van der Waals surface area contributed by atoms with E-state index in [1.165, 1.54) is 5.56 Å². The standard InChI is InChI=1S/C25H18N2O3/c26-14-20-23(17-8-10-21-22(13-17)29-15-28-21)19-9-7-16-5-1-2-6-18(16)24(19)30-25(20)27-11-3-4-12-27/h1-6,8,10-13,23H,7,9,15H2. The highest BCUT2D eigenvalue weighted by molar-refractivity contribution is 5.79. The number of hydrogen-bond donors (Lipinski definition) is 0. The molecule has 0 radical (unpaired) electrons. The number of benzene rings is 2. The number of nitrogens with zero attached hydrogens (tertiary/aromatic N) is 2. The normalized spacial score (nSPS) is 19.1. The van der Waals surface area contributed by atoms with Crippen LogP contribution in [0, 0.1) is 11.3 Å². The topological polar surface area (TPSA) is 56.4 Å². The Morgan fingerprint density at radius 1 is 0.933 bits per heavy atom. The number of aromatic nitrogens is 1. The molecule has 3 aromatic rings. The van der Waals surface area contributed by atoms with E-state index in [9.17, 15) is 5.26 Å². The van der Waals surface area contributed by atoms with Crippen LogP contribution in [0.1, 0.15) is 29.0 Å². The molecule has 1 aromatic heterocycles. The average molecular weight is 394 g/mol. The van der Waals surface area contributed by atoms with Crippen molar-refractivity contribution >= 4 is 11.6 Å². The zero-order valence-corrected chi connectivity index (χ0v) is 16.2. The van der Waals surface area contributed by atoms with Crippen molar-refractivity contribution in [3.63, 3.8) is 0 Å². The van der Waals surface area contributed by atoms with Crippen molar-refractivity contribution in [2.75, 3.05) is 6.79 Å². The maximum Gasteiger partial charge on any atom is 0.231 e. The number of hydrogen-bond acceptors (Lipinski definition) is 4. The van der Waals surface area contributed by atoms with E-state index in [0.717, 1.165) is 46.8 Å². The summed E-state index contributed by atoms with van der Waals surface area (Å²) in [4.78, 5) is 0. The molecule has 0 saturated carbocycles. The van der Waals surface area contributed by atoms with Crippen LogP contribution in [0.3, 0.4) is 0 Å². The zero-order valence-electron chi connectivity index (χ0n) is 16.2. The van der Waals surface area contributed by atoms with E-state index in [-0.39, 0.29) is 12.7 Å². The Balaban J connectivity index is 1.59. The van der Waals surface area contributed by atoms with Crippen LogP contribution in [-0.2, 0) is 11.2 Å². The van der Waals surface area contributed by atoms with Crippen LogP contribution in [0.2, 0.25) is 0 Å². The molecule has 0 amide bonds. The molecule has 0 bridgehead atoms. The molecule has 146 valence electrons. The first kappa shape index (κ1) is 17.0. The molecule has 2 aromatic carbocycles. The minimum absolute atomic E-state index is 0.195. The highest BCUT2D eigenvalue weighted by Gasteiger charge is 2.37. The molecule has 0 spiro atoms. The van der Waals surface area contributed by atoms with Gasteiger partial charge in [-0.15, -0.1) is 0 Å². The van der Waals surface area contributed by atoms with Crippen molar-refractivity contribution in [3.05, 3.63) is 94.8 Å². The largest absolute Gasteiger partial charge is 0.454 e. The van der Waals surface area contributed by atoms with Crippen molar-refractivity contribution in [1.29, 1.82) is 5.26 Å². The molecule has 1 unspecified atom stereocenters. The number of aryl methyl sites for hydroxylation is 1. The zero-order chi connectivity index (χ0) is 20.1. The average Bonchev–Trinajstić information content (AvgIpc) is 3.49. The molecule has 0 N–H and O–H groups in total. The van der Waals surface area contributed by atoms with Crippen molar-refractivity contribution in [1.82, 2.24) is 4.57 Å². The Morgan fingerprint density at radius 3 is 2.63 bits per heavy atom. The van der Waals surface area contributed by atoms with Gasteiger partial charge >= 0.3 is 0 Å². The Hall–Kier alpha value is -3.91. The first-order chi connectivity index (χ1) is 14.8. The fourth-order valence-corrected chi connectivity index (χ4v) is 4.60. The second-order valence-electron chi connectivity index (χ2n) is 7.58. The summed E-state index contributed by atoms with van der Waals surface area (Å²) in [6, 6.07) is 20.6. The summed E-state index contributed by atoms with van der Waals surface area (Å²) in [6.07, 6.45) is 5.58. The van der Waals surface area contributed by atoms with Gasteiger partial charge in [-0.3, -0.25) is 4.57 Å². The molecule has 1 atom stereocenters. The van der Waals surface area contributed by atoms with E-state index in [1.807, 2.05) is 53.4 Å². The molecule has 3 heterocycles. The minimum Gasteiger partial charge on any atom is -0.454 e. The van der Waals surface area contributed by atoms with Gasteiger partial charge in [-0.05, 0) is 53.8 Å². The van der Waals surface area contributed by atoms with E-state index >= 15 is 0 Å². The fraction of sp³-hybridized carbons (Fsp3) is 0.160. The van der Waals surface area contributed by atoms with Gasteiger partial charge in [0.05, 0.1) is 0 Å². The van der Waals surface area contributed by atoms with Crippen molar-refractivity contribution in [3.8, 4) is 17.6 Å². The second-order valence-corrected chi connectivity index (χ2v) is 7.58. The molecule has 2 aliphatic heterocycles. The molecule has 6 rings (SSSR count). The maximum atomic E-state index is 10.2. The quantitative estimate of drug-likeness (QED) is 0.608. The van der Waals surface area contributed by atoms with E-state index in [0.29, 0.717) is 11.5 Å². The van der Waals surface area contributed by atoms with Crippen molar-refractivity contribution in [2.45, 2.75) is 18.8 Å². The van der Waals surface area contributed by atoms with Crippen LogP contribution in [0.5, 0.6) is 11.5 Å². The molecule has 5 nitrogen and oxygen atoms in total. The fourth-order valence-electron chi connectivity index (χ4n) is 4.60. The summed E-state index contributed by atoms with van der Waals surface area (Å²) in [5.41, 5.74) is 5.12. The second kappa shape index (κ2) is 6.57. The maximum absolute atomic E-state index is 10.2. The SMILES string of the molecule is N#CC1=C(n2cccc2)OC2=C(CCc3ccccc32)C1c1ccc2c(c1)OCO2. The molecule has 30 heavy (non-hydrogen) atoms. The number of rotatable bonds is 2. The third-order valence-electron chi connectivity index (χ3n) is 5.97. The lowest BCUT2D eigenvalue weighted by Crippen LogP contribution is -2.21. The first-order valence-corrected chi connectivity index (χ1v) is 10.00. The van der Waals surface area contributed by atoms with Crippen LogP contribution in [0.4, 0.5) is 0 Å². The van der Waals surface area contributed by atoms with E-state index in [4.69, 9.17) is 14.2 Å². The molecule has 0 saturated heterocycles. The van der Waals surface area contributed by atoms with Gasteiger partial charge in [-0.25, -0.2) is 0 Å². The summed E-state index contributed by atoms with van der Waals surface area (Å²) >= 11 is 0. The van der Waals surface area contributed by atoms with Crippen LogP contribution >= 0.6 is 0 Å². The Kier molecular flexibility index (Phi) is 3.72. The smallest absolute Gasteiger partial charge is 0.231 e. The summed E-state index contributed by atoms with van der Waals surface area (Å²) in [5.74, 6) is 2.68. The van der Waals surface area contributed by atoms with Crippen molar-refractivity contribution in [2.24, 2.45) is 0 Å². The summed E-state index contributed by atoms with van der Waals surface area (Å²) in [5, 5.41) is 10.2. The van der Waals surface area contributed by atoms with Crippen molar-refractivity contribution < 1.29 is 14.2 Å². The monoisotopic (exact) mass is 394 g/mol. The lowest BCUT2D eigenvalue weighted by atomic mass is 9.76. The highest BCUT2D eigenvalue weighted by atomic mass is 16.7. The molecule has 5 heteroatoms. The van der Waals surface area contributed by atoms with Gasteiger partial charge < -0.3 is 14.2 Å². The van der Waals surface area contributed by atoms with E-state index in [1.54, 1.807) is 0 Å². The van der Waals surface area contributed by atoms with Gasteiger partial charge in [-0.2, -0.15) is 5.26 Å². The lowest BCUT2D eigenvalue weighted by molar-refractivity contribution is 0.174. The van der Waals surface area contributed by atoms with Gasteiger partial charge in [0.25, 0.3) is 0 Å². The highest BCUT2D eigenvalue weighted by Crippen LogP contribution is 2.50. The Morgan fingerprint density at radius 2 is 1.77 bits per heavy atom. The molecule has 1 aliphatic carbocycles. The third-order valence-corrected chi connectivity index (χ3v) is 5.97. The van der Waals surface area contributed by atoms with Crippen LogP contribution in [-0.4, -0.2) is 11.4 Å². The predicted octanol–water partition coefficient (Wildman–Crippen LogP) is 5.08. The van der Waals surface area contributed by atoms with E-state index < -0.39 is 0 Å². The van der Waals surface area contributed by atoms with Crippen LogP contribution < -0.4 is 9.47 Å². The lowest BCUT2D eigenvalue weighted by Gasteiger charge is -2.34. The minimum atomic E-state index is -0.195. The van der Waals surface area contributed by atoms with Crippen LogP contribution in [0.25, 0.3) is 11.6 Å². The van der Waals surface area contributed by atoms with Gasteiger partial charge in [0, 0.05) is 23.9 Å². The van der Waals surface area contributed by atoms with Gasteiger partial charge in [0.2, 0.25) is 12.7 Å².